The summed E-state index contributed by atoms with van der Waals surface area (Å²) in [6.07, 6.45) is -2.72. The van der Waals surface area contributed by atoms with Crippen LogP contribution >= 0.6 is 11.6 Å². The molecule has 5 rings (SSSR count). The zero-order valence-electron chi connectivity index (χ0n) is 21.2. The number of benzene rings is 4. The predicted octanol–water partition coefficient (Wildman–Crippen LogP) is 8.83. The molecule has 0 spiro atoms. The first-order chi connectivity index (χ1) is 18.7. The monoisotopic (exact) mass is 546 g/mol. The molecular weight excluding hydrogens is 521 g/mol. The number of hydrogen-bond acceptors (Lipinski definition) is 1. The van der Waals surface area contributed by atoms with E-state index in [4.69, 9.17) is 11.6 Å². The first kappa shape index (κ1) is 26.6. The largest absolute Gasteiger partial charge is 0.417 e. The molecular formula is C32H26ClF3N2O. The molecule has 0 bridgehead atoms. The summed E-state index contributed by atoms with van der Waals surface area (Å²) in [7, 11) is 0. The summed E-state index contributed by atoms with van der Waals surface area (Å²) in [6.45, 7) is 2.61. The number of aromatic nitrogens is 1. The van der Waals surface area contributed by atoms with Crippen LogP contribution < -0.4 is 5.32 Å². The normalized spacial score (nSPS) is 12.4. The van der Waals surface area contributed by atoms with Gasteiger partial charge in [-0.15, -0.1) is 0 Å². The lowest BCUT2D eigenvalue weighted by atomic mass is 9.87. The molecule has 5 aromatic rings. The first-order valence-electron chi connectivity index (χ1n) is 12.5. The summed E-state index contributed by atoms with van der Waals surface area (Å²) < 4.78 is 43.5. The Kier molecular flexibility index (Phi) is 7.49. The molecule has 0 aliphatic heterocycles. The van der Waals surface area contributed by atoms with Gasteiger partial charge in [0, 0.05) is 41.7 Å². The van der Waals surface area contributed by atoms with Gasteiger partial charge < -0.3 is 9.88 Å². The van der Waals surface area contributed by atoms with Crippen molar-refractivity contribution >= 4 is 34.1 Å². The Morgan fingerprint density at radius 3 is 2.33 bits per heavy atom. The molecule has 0 radical (unpaired) electrons. The average Bonchev–Trinajstić information content (AvgIpc) is 3.27. The topological polar surface area (TPSA) is 34.0 Å². The Morgan fingerprint density at radius 1 is 0.923 bits per heavy atom. The fourth-order valence-electron chi connectivity index (χ4n) is 4.88. The van der Waals surface area contributed by atoms with Gasteiger partial charge in [-0.2, -0.15) is 13.2 Å². The van der Waals surface area contributed by atoms with E-state index in [0.29, 0.717) is 17.8 Å². The third-order valence-corrected chi connectivity index (χ3v) is 7.14. The quantitative estimate of drug-likeness (QED) is 0.217. The van der Waals surface area contributed by atoms with Gasteiger partial charge in [-0.05, 0) is 53.9 Å². The molecule has 0 saturated carbocycles. The van der Waals surface area contributed by atoms with Crippen LogP contribution in [0.2, 0.25) is 5.02 Å². The molecule has 1 atom stereocenters. The number of aryl methyl sites for hydroxylation is 1. The Labute approximate surface area is 229 Å². The Bertz CT molecular complexity index is 1610. The lowest BCUT2D eigenvalue weighted by Gasteiger charge is -2.19. The summed E-state index contributed by atoms with van der Waals surface area (Å²) in [4.78, 5) is 13.2. The highest BCUT2D eigenvalue weighted by Crippen LogP contribution is 2.40. The van der Waals surface area contributed by atoms with Crippen LogP contribution in [0.3, 0.4) is 0 Å². The zero-order chi connectivity index (χ0) is 27.6. The van der Waals surface area contributed by atoms with Crippen LogP contribution in [0, 0.1) is 6.92 Å². The van der Waals surface area contributed by atoms with Gasteiger partial charge in [-0.3, -0.25) is 4.79 Å². The van der Waals surface area contributed by atoms with Gasteiger partial charge in [0.25, 0.3) is 0 Å². The minimum atomic E-state index is -4.62. The van der Waals surface area contributed by atoms with Gasteiger partial charge in [-0.25, -0.2) is 0 Å². The van der Waals surface area contributed by atoms with Gasteiger partial charge in [0.2, 0.25) is 5.91 Å². The summed E-state index contributed by atoms with van der Waals surface area (Å²) in [5.74, 6) is -0.943. The SMILES string of the molecule is Cc1ccc(Cn2cc([C@@H](CC(=O)Nc3ccccc3)c3ccc(Cl)c(C(F)(F)F)c3)c3ccccc32)cc1. The molecule has 0 fully saturated rings. The van der Waals surface area contributed by atoms with Crippen LogP contribution in [0.1, 0.15) is 40.2 Å². The molecule has 1 N–H and O–H groups in total. The number of alkyl halides is 3. The van der Waals surface area contributed by atoms with E-state index in [1.165, 1.54) is 6.07 Å². The van der Waals surface area contributed by atoms with Crippen LogP contribution in [0.15, 0.2) is 103 Å². The van der Waals surface area contributed by atoms with E-state index < -0.39 is 17.7 Å². The number of nitrogens with zero attached hydrogens (tertiary/aromatic N) is 1. The number of nitrogens with one attached hydrogen (secondary N) is 1. The zero-order valence-corrected chi connectivity index (χ0v) is 21.9. The fraction of sp³-hybridized carbons (Fsp3) is 0.156. The third-order valence-electron chi connectivity index (χ3n) is 6.81. The molecule has 4 aromatic carbocycles. The number of anilines is 1. The van der Waals surface area contributed by atoms with Crippen LogP contribution in [-0.2, 0) is 17.5 Å². The van der Waals surface area contributed by atoms with Crippen LogP contribution in [0.25, 0.3) is 10.9 Å². The molecule has 1 amide bonds. The standard InChI is InChI=1S/C32H26ClF3N2O/c1-21-11-13-22(14-12-21)19-38-20-27(25-9-5-6-10-30(25)38)26(18-31(39)37-24-7-3-2-4-8-24)23-15-16-29(33)28(17-23)32(34,35)36/h2-17,20,26H,18-19H2,1H3,(H,37,39)/t26-/m0/s1. The van der Waals surface area contributed by atoms with Crippen LogP contribution in [0.5, 0.6) is 0 Å². The fourth-order valence-corrected chi connectivity index (χ4v) is 5.10. The van der Waals surface area contributed by atoms with Gasteiger partial charge in [-0.1, -0.05) is 83.9 Å². The minimum absolute atomic E-state index is 0.0492. The van der Waals surface area contributed by atoms with Crippen molar-refractivity contribution in [1.29, 1.82) is 0 Å². The van der Waals surface area contributed by atoms with E-state index in [0.717, 1.165) is 33.7 Å². The Balaban J connectivity index is 1.60. The molecule has 0 unspecified atom stereocenters. The highest BCUT2D eigenvalue weighted by atomic mass is 35.5. The maximum Gasteiger partial charge on any atom is 0.417 e. The van der Waals surface area contributed by atoms with Crippen LogP contribution in [0.4, 0.5) is 18.9 Å². The number of carbonyl (C=O) groups is 1. The smallest absolute Gasteiger partial charge is 0.343 e. The van der Waals surface area contributed by atoms with Crippen LogP contribution in [-0.4, -0.2) is 10.5 Å². The highest BCUT2D eigenvalue weighted by molar-refractivity contribution is 6.31. The summed E-state index contributed by atoms with van der Waals surface area (Å²) in [5.41, 5.74) is 4.03. The van der Waals surface area contributed by atoms with Crippen molar-refractivity contribution in [3.05, 3.63) is 136 Å². The van der Waals surface area contributed by atoms with Crippen molar-refractivity contribution in [2.24, 2.45) is 0 Å². The molecule has 3 nitrogen and oxygen atoms in total. The number of hydrogen-bond donors (Lipinski definition) is 1. The highest BCUT2D eigenvalue weighted by Gasteiger charge is 2.34. The Hall–Kier alpha value is -4.03. The van der Waals surface area contributed by atoms with E-state index >= 15 is 0 Å². The third kappa shape index (κ3) is 6.02. The van der Waals surface area contributed by atoms with Crippen molar-refractivity contribution < 1.29 is 18.0 Å². The molecule has 0 aliphatic carbocycles. The molecule has 0 aliphatic rings. The maximum absolute atomic E-state index is 13.8. The van der Waals surface area contributed by atoms with Crippen molar-refractivity contribution in [3.63, 3.8) is 0 Å². The molecule has 39 heavy (non-hydrogen) atoms. The average molecular weight is 547 g/mol. The summed E-state index contributed by atoms with van der Waals surface area (Å²) >= 11 is 5.94. The lowest BCUT2D eigenvalue weighted by Crippen LogP contribution is -2.17. The number of halogens is 4. The Morgan fingerprint density at radius 2 is 1.62 bits per heavy atom. The van der Waals surface area contributed by atoms with Crippen molar-refractivity contribution in [1.82, 2.24) is 4.57 Å². The maximum atomic E-state index is 13.8. The van der Waals surface area contributed by atoms with E-state index in [9.17, 15) is 18.0 Å². The second kappa shape index (κ2) is 11.0. The van der Waals surface area contributed by atoms with Crippen molar-refractivity contribution in [2.75, 3.05) is 5.32 Å². The number of rotatable bonds is 7. The van der Waals surface area contributed by atoms with Crippen molar-refractivity contribution in [3.8, 4) is 0 Å². The van der Waals surface area contributed by atoms with E-state index in [1.807, 2.05) is 55.6 Å². The summed E-state index contributed by atoms with van der Waals surface area (Å²) in [5, 5.41) is 3.38. The second-order valence-corrected chi connectivity index (χ2v) is 10.0. The predicted molar refractivity (Wildman–Crippen MR) is 150 cm³/mol. The van der Waals surface area contributed by atoms with Crippen molar-refractivity contribution in [2.45, 2.75) is 32.0 Å². The lowest BCUT2D eigenvalue weighted by molar-refractivity contribution is -0.137. The molecule has 7 heteroatoms. The number of amides is 1. The molecule has 1 aromatic heterocycles. The van der Waals surface area contributed by atoms with E-state index in [1.54, 1.807) is 30.3 Å². The number of carbonyl (C=O) groups excluding carboxylic acids is 1. The van der Waals surface area contributed by atoms with Gasteiger partial charge >= 0.3 is 6.18 Å². The van der Waals surface area contributed by atoms with Gasteiger partial charge in [0.1, 0.15) is 0 Å². The van der Waals surface area contributed by atoms with Gasteiger partial charge in [0.15, 0.2) is 0 Å². The number of fused-ring (bicyclic) bond motifs is 1. The number of para-hydroxylation sites is 2. The molecule has 0 saturated heterocycles. The first-order valence-corrected chi connectivity index (χ1v) is 12.9. The van der Waals surface area contributed by atoms with Gasteiger partial charge in [0.05, 0.1) is 10.6 Å². The molecule has 1 heterocycles. The summed E-state index contributed by atoms with van der Waals surface area (Å²) in [6, 6.07) is 28.8. The minimum Gasteiger partial charge on any atom is -0.343 e. The molecule has 198 valence electrons. The van der Waals surface area contributed by atoms with E-state index in [-0.39, 0.29) is 17.4 Å². The second-order valence-electron chi connectivity index (χ2n) is 9.62. The van der Waals surface area contributed by atoms with E-state index in [2.05, 4.69) is 22.0 Å².